The molecular formula is C26H38O6. The summed E-state index contributed by atoms with van der Waals surface area (Å²) in [4.78, 5) is 24.3. The molecule has 3 aliphatic rings. The van der Waals surface area contributed by atoms with Gasteiger partial charge in [-0.3, -0.25) is 14.3 Å². The topological polar surface area (TPSA) is 82.1 Å². The first kappa shape index (κ1) is 24.7. The van der Waals surface area contributed by atoms with Crippen LogP contribution in [0.4, 0.5) is 0 Å². The summed E-state index contributed by atoms with van der Waals surface area (Å²) in [7, 11) is 0. The molecule has 178 valence electrons. The van der Waals surface area contributed by atoms with E-state index in [4.69, 9.17) is 14.2 Å². The van der Waals surface area contributed by atoms with Gasteiger partial charge in [-0.05, 0) is 61.9 Å². The smallest absolute Gasteiger partial charge is 0.308 e. The summed E-state index contributed by atoms with van der Waals surface area (Å²) in [6, 6.07) is 0. The van der Waals surface area contributed by atoms with E-state index in [0.717, 1.165) is 36.8 Å². The molecule has 2 fully saturated rings. The van der Waals surface area contributed by atoms with Crippen LogP contribution in [0.5, 0.6) is 0 Å². The van der Waals surface area contributed by atoms with Gasteiger partial charge in [-0.1, -0.05) is 45.6 Å². The molecular weight excluding hydrogens is 408 g/mol. The van der Waals surface area contributed by atoms with Crippen molar-refractivity contribution in [2.24, 2.45) is 22.7 Å². The van der Waals surface area contributed by atoms with Gasteiger partial charge in [-0.15, -0.1) is 0 Å². The average Bonchev–Trinajstić information content (AvgIpc) is 3.00. The zero-order valence-electron chi connectivity index (χ0n) is 19.9. The van der Waals surface area contributed by atoms with E-state index in [1.807, 2.05) is 6.92 Å². The quantitative estimate of drug-likeness (QED) is 0.327. The van der Waals surface area contributed by atoms with E-state index in [-0.39, 0.29) is 23.7 Å². The number of allylic oxidation sites excluding steroid dienone is 2. The number of aliphatic hydroxyl groups is 1. The minimum atomic E-state index is -0.948. The summed E-state index contributed by atoms with van der Waals surface area (Å²) < 4.78 is 17.5. The predicted octanol–water partition coefficient (Wildman–Crippen LogP) is 4.83. The molecule has 6 heteroatoms. The van der Waals surface area contributed by atoms with Crippen LogP contribution in [0.1, 0.15) is 72.6 Å². The van der Waals surface area contributed by atoms with Crippen LogP contribution in [0.2, 0.25) is 0 Å². The molecule has 0 unspecified atom stereocenters. The largest absolute Gasteiger partial charge is 0.435 e. The van der Waals surface area contributed by atoms with Gasteiger partial charge in [0.15, 0.2) is 0 Å². The van der Waals surface area contributed by atoms with Gasteiger partial charge < -0.3 is 14.6 Å². The van der Waals surface area contributed by atoms with Crippen LogP contribution in [0.3, 0.4) is 0 Å². The minimum absolute atomic E-state index is 0.00871. The van der Waals surface area contributed by atoms with Crippen LogP contribution in [0.25, 0.3) is 0 Å². The van der Waals surface area contributed by atoms with Gasteiger partial charge in [-0.25, -0.2) is 0 Å². The Balaban J connectivity index is 2.05. The van der Waals surface area contributed by atoms with E-state index in [0.29, 0.717) is 18.8 Å². The first-order valence-corrected chi connectivity index (χ1v) is 11.8. The molecule has 3 rings (SSSR count). The summed E-state index contributed by atoms with van der Waals surface area (Å²) in [6.07, 6.45) is 5.91. The highest BCUT2D eigenvalue weighted by atomic mass is 16.8. The fourth-order valence-corrected chi connectivity index (χ4v) is 6.12. The summed E-state index contributed by atoms with van der Waals surface area (Å²) in [5.41, 5.74) is 0.946. The van der Waals surface area contributed by atoms with Crippen LogP contribution in [-0.2, 0) is 23.8 Å². The number of aliphatic hydroxyl groups excluding tert-OH is 1. The van der Waals surface area contributed by atoms with Gasteiger partial charge >= 0.3 is 11.9 Å². The van der Waals surface area contributed by atoms with Crippen molar-refractivity contribution in [3.63, 3.8) is 0 Å². The SMILES string of the molecule is C=CC(=C)CC[C@]1(C)[C@H](C)CC[C@@]23C(=C[C@H](O)C[C@@H]12)[C@@H](OC(=O)CCC)O[C@H]3OC(C)=O. The fourth-order valence-electron chi connectivity index (χ4n) is 6.12. The maximum Gasteiger partial charge on any atom is 0.308 e. The molecule has 6 nitrogen and oxygen atoms in total. The fraction of sp³-hybridized carbons (Fsp3) is 0.692. The number of esters is 2. The monoisotopic (exact) mass is 446 g/mol. The zero-order valence-corrected chi connectivity index (χ0v) is 19.9. The van der Waals surface area contributed by atoms with Gasteiger partial charge in [0.25, 0.3) is 0 Å². The van der Waals surface area contributed by atoms with Crippen molar-refractivity contribution < 1.29 is 28.9 Å². The Morgan fingerprint density at radius 3 is 2.69 bits per heavy atom. The third-order valence-corrected chi connectivity index (χ3v) is 8.08. The lowest BCUT2D eigenvalue weighted by Gasteiger charge is -2.58. The Hall–Kier alpha value is -1.92. The standard InChI is InChI=1S/C26H38O6/c1-7-9-22(29)31-23-20-14-19(28)15-21-25(6,12-10-16(3)8-2)17(4)11-13-26(20,21)24(32-23)30-18(5)27/h8,14,17,19,21,23-24,28H,2-3,7,9-13,15H2,1,4-6H3/t17-,19+,21+,23+,24-,25-,26-/m1/s1. The Bertz CT molecular complexity index is 800. The Morgan fingerprint density at radius 2 is 2.06 bits per heavy atom. The van der Waals surface area contributed by atoms with Crippen molar-refractivity contribution in [3.05, 3.63) is 36.5 Å². The average molecular weight is 447 g/mol. The molecule has 7 atom stereocenters. The third-order valence-electron chi connectivity index (χ3n) is 8.08. The summed E-state index contributed by atoms with van der Waals surface area (Å²) in [6.45, 7) is 15.7. The Labute approximate surface area is 191 Å². The second-order valence-corrected chi connectivity index (χ2v) is 9.98. The first-order chi connectivity index (χ1) is 15.1. The van der Waals surface area contributed by atoms with Crippen molar-refractivity contribution in [1.29, 1.82) is 0 Å². The molecule has 32 heavy (non-hydrogen) atoms. The van der Waals surface area contributed by atoms with Crippen LogP contribution in [0, 0.1) is 22.7 Å². The molecule has 0 amide bonds. The van der Waals surface area contributed by atoms with Gasteiger partial charge in [0.2, 0.25) is 12.6 Å². The van der Waals surface area contributed by atoms with E-state index in [1.54, 1.807) is 12.2 Å². The van der Waals surface area contributed by atoms with E-state index < -0.39 is 30.1 Å². The normalized spacial score (nSPS) is 38.2. The van der Waals surface area contributed by atoms with Gasteiger partial charge in [0.1, 0.15) is 0 Å². The van der Waals surface area contributed by atoms with E-state index in [2.05, 4.69) is 27.0 Å². The van der Waals surface area contributed by atoms with Gasteiger partial charge in [0.05, 0.1) is 11.5 Å². The number of ether oxygens (including phenoxy) is 3. The molecule has 2 aliphatic carbocycles. The highest BCUT2D eigenvalue weighted by molar-refractivity contribution is 5.70. The lowest BCUT2D eigenvalue weighted by molar-refractivity contribution is -0.236. The minimum Gasteiger partial charge on any atom is -0.435 e. The molecule has 0 bridgehead atoms. The third kappa shape index (κ3) is 4.32. The van der Waals surface area contributed by atoms with Crippen LogP contribution in [-0.4, -0.2) is 35.7 Å². The number of rotatable bonds is 8. The van der Waals surface area contributed by atoms with Crippen molar-refractivity contribution in [3.8, 4) is 0 Å². The summed E-state index contributed by atoms with van der Waals surface area (Å²) >= 11 is 0. The lowest BCUT2D eigenvalue weighted by Crippen LogP contribution is -2.56. The predicted molar refractivity (Wildman–Crippen MR) is 121 cm³/mol. The number of hydrogen-bond donors (Lipinski definition) is 1. The van der Waals surface area contributed by atoms with Crippen molar-refractivity contribution in [1.82, 2.24) is 0 Å². The second-order valence-electron chi connectivity index (χ2n) is 9.98. The van der Waals surface area contributed by atoms with Gasteiger partial charge in [0, 0.05) is 18.9 Å². The van der Waals surface area contributed by atoms with Crippen molar-refractivity contribution >= 4 is 11.9 Å². The van der Waals surface area contributed by atoms with E-state index in [9.17, 15) is 14.7 Å². The zero-order chi connectivity index (χ0) is 23.7. The molecule has 0 radical (unpaired) electrons. The highest BCUT2D eigenvalue weighted by Crippen LogP contribution is 2.67. The Kier molecular flexibility index (Phi) is 7.35. The number of carbonyl (C=O) groups is 2. The van der Waals surface area contributed by atoms with Crippen LogP contribution < -0.4 is 0 Å². The molecule has 0 aromatic heterocycles. The summed E-state index contributed by atoms with van der Waals surface area (Å²) in [5.74, 6) is -0.412. The summed E-state index contributed by atoms with van der Waals surface area (Å²) in [5, 5.41) is 10.8. The number of hydrogen-bond acceptors (Lipinski definition) is 6. The molecule has 0 aromatic rings. The second kappa shape index (κ2) is 9.52. The van der Waals surface area contributed by atoms with Crippen LogP contribution in [0.15, 0.2) is 36.5 Å². The van der Waals surface area contributed by atoms with E-state index >= 15 is 0 Å². The van der Waals surface area contributed by atoms with Crippen molar-refractivity contribution in [2.45, 2.75) is 91.3 Å². The van der Waals surface area contributed by atoms with Crippen LogP contribution >= 0.6 is 0 Å². The maximum atomic E-state index is 12.3. The highest BCUT2D eigenvalue weighted by Gasteiger charge is 2.67. The van der Waals surface area contributed by atoms with Crippen molar-refractivity contribution in [2.75, 3.05) is 0 Å². The lowest BCUT2D eigenvalue weighted by atomic mass is 9.46. The maximum absolute atomic E-state index is 12.3. The molecule has 1 saturated heterocycles. The molecule has 1 spiro atoms. The molecule has 1 aliphatic heterocycles. The molecule has 1 heterocycles. The Morgan fingerprint density at radius 1 is 1.34 bits per heavy atom. The van der Waals surface area contributed by atoms with Gasteiger partial charge in [-0.2, -0.15) is 0 Å². The first-order valence-electron chi connectivity index (χ1n) is 11.8. The molecule has 0 aromatic carbocycles. The molecule has 1 N–H and O–H groups in total. The van der Waals surface area contributed by atoms with E-state index in [1.165, 1.54) is 6.92 Å². The number of carbonyl (C=O) groups excluding carboxylic acids is 2. The molecule has 1 saturated carbocycles.